The molecule has 0 spiro atoms. The second kappa shape index (κ2) is 8.75. The lowest BCUT2D eigenvalue weighted by Crippen LogP contribution is -2.34. The summed E-state index contributed by atoms with van der Waals surface area (Å²) >= 11 is 3.58. The Morgan fingerprint density at radius 1 is 1.32 bits per heavy atom. The van der Waals surface area contributed by atoms with Gasteiger partial charge in [0, 0.05) is 6.54 Å². The first-order valence-electron chi connectivity index (χ1n) is 8.02. The molecular weight excluding hydrogens is 344 g/mol. The van der Waals surface area contributed by atoms with Gasteiger partial charge in [-0.05, 0) is 86.0 Å². The number of hydrogen-bond acceptors (Lipinski definition) is 4. The summed E-state index contributed by atoms with van der Waals surface area (Å²) in [6.07, 6.45) is 2.58. The fourth-order valence-electron chi connectivity index (χ4n) is 2.85. The molecule has 1 aromatic rings. The first kappa shape index (κ1) is 17.6. The molecule has 0 bridgehead atoms. The Morgan fingerprint density at radius 2 is 2.05 bits per heavy atom. The zero-order valence-corrected chi connectivity index (χ0v) is 15.4. The maximum atomic E-state index is 5.63. The molecule has 0 amide bonds. The van der Waals surface area contributed by atoms with Crippen LogP contribution in [-0.2, 0) is 6.54 Å². The molecule has 0 saturated carbocycles. The molecule has 4 nitrogen and oxygen atoms in total. The summed E-state index contributed by atoms with van der Waals surface area (Å²) in [7, 11) is 3.88. The van der Waals surface area contributed by atoms with Gasteiger partial charge < -0.3 is 19.7 Å². The highest BCUT2D eigenvalue weighted by molar-refractivity contribution is 9.10. The smallest absolute Gasteiger partial charge is 0.175 e. The van der Waals surface area contributed by atoms with Crippen molar-refractivity contribution in [2.24, 2.45) is 5.92 Å². The van der Waals surface area contributed by atoms with E-state index < -0.39 is 0 Å². The van der Waals surface area contributed by atoms with Gasteiger partial charge in [-0.15, -0.1) is 0 Å². The maximum absolute atomic E-state index is 5.63. The van der Waals surface area contributed by atoms with Gasteiger partial charge in [-0.3, -0.25) is 0 Å². The van der Waals surface area contributed by atoms with Crippen molar-refractivity contribution < 1.29 is 9.47 Å². The van der Waals surface area contributed by atoms with Crippen LogP contribution in [0.4, 0.5) is 0 Å². The summed E-state index contributed by atoms with van der Waals surface area (Å²) < 4.78 is 12.0. The van der Waals surface area contributed by atoms with E-state index in [0.717, 1.165) is 35.0 Å². The molecular formula is C17H27BrN2O2. The van der Waals surface area contributed by atoms with Crippen molar-refractivity contribution in [3.8, 4) is 11.5 Å². The summed E-state index contributed by atoms with van der Waals surface area (Å²) in [6, 6.07) is 4.16. The van der Waals surface area contributed by atoms with Crippen molar-refractivity contribution in [1.82, 2.24) is 10.2 Å². The summed E-state index contributed by atoms with van der Waals surface area (Å²) in [5.41, 5.74) is 1.21. The molecule has 0 atom stereocenters. The van der Waals surface area contributed by atoms with Crippen molar-refractivity contribution in [3.63, 3.8) is 0 Å². The van der Waals surface area contributed by atoms with E-state index in [1.54, 1.807) is 7.11 Å². The molecule has 0 radical (unpaired) electrons. The Hall–Kier alpha value is -0.780. The Labute approximate surface area is 142 Å². The molecule has 0 unspecified atom stereocenters. The van der Waals surface area contributed by atoms with Crippen LogP contribution in [0, 0.1) is 5.92 Å². The van der Waals surface area contributed by atoms with Crippen LogP contribution in [0.3, 0.4) is 0 Å². The molecule has 2 rings (SSSR count). The predicted molar refractivity (Wildman–Crippen MR) is 93.8 cm³/mol. The van der Waals surface area contributed by atoms with Gasteiger partial charge >= 0.3 is 0 Å². The fourth-order valence-corrected chi connectivity index (χ4v) is 3.45. The molecule has 22 heavy (non-hydrogen) atoms. The fraction of sp³-hybridized carbons (Fsp3) is 0.647. The second-order valence-electron chi connectivity index (χ2n) is 5.92. The third-order valence-corrected chi connectivity index (χ3v) is 4.77. The highest BCUT2D eigenvalue weighted by Crippen LogP contribution is 2.36. The number of hydrogen-bond donors (Lipinski definition) is 1. The van der Waals surface area contributed by atoms with Gasteiger partial charge in [0.15, 0.2) is 11.5 Å². The standard InChI is InChI=1S/C17H27BrN2O2/c1-4-22-17-15(18)9-14(10-16(17)21-3)12-19-11-13-5-7-20(2)8-6-13/h9-10,13,19H,4-8,11-12H2,1-3H3. The minimum absolute atomic E-state index is 0.628. The molecule has 1 aliphatic rings. The van der Waals surface area contributed by atoms with Crippen molar-refractivity contribution in [2.45, 2.75) is 26.3 Å². The first-order chi connectivity index (χ1) is 10.6. The minimum atomic E-state index is 0.628. The van der Waals surface area contributed by atoms with E-state index in [-0.39, 0.29) is 0 Å². The summed E-state index contributed by atoms with van der Waals surface area (Å²) in [5, 5.41) is 3.58. The maximum Gasteiger partial charge on any atom is 0.175 e. The van der Waals surface area contributed by atoms with Crippen LogP contribution in [0.5, 0.6) is 11.5 Å². The zero-order chi connectivity index (χ0) is 15.9. The van der Waals surface area contributed by atoms with Gasteiger partial charge in [0.1, 0.15) is 0 Å². The molecule has 1 N–H and O–H groups in total. The molecule has 5 heteroatoms. The number of benzene rings is 1. The average molecular weight is 371 g/mol. The topological polar surface area (TPSA) is 33.7 Å². The number of piperidine rings is 1. The summed E-state index contributed by atoms with van der Waals surface area (Å²) in [4.78, 5) is 2.41. The molecule has 1 fully saturated rings. The highest BCUT2D eigenvalue weighted by Gasteiger charge is 2.16. The molecule has 0 aromatic heterocycles. The molecule has 1 aromatic carbocycles. The van der Waals surface area contributed by atoms with Crippen LogP contribution in [-0.4, -0.2) is 45.3 Å². The average Bonchev–Trinajstić information content (AvgIpc) is 2.51. The predicted octanol–water partition coefficient (Wildman–Crippen LogP) is 3.29. The van der Waals surface area contributed by atoms with Crippen LogP contribution >= 0.6 is 15.9 Å². The lowest BCUT2D eigenvalue weighted by molar-refractivity contribution is 0.216. The molecule has 0 aliphatic carbocycles. The number of ether oxygens (including phenoxy) is 2. The van der Waals surface area contributed by atoms with Crippen molar-refractivity contribution in [1.29, 1.82) is 0 Å². The Kier molecular flexibility index (Phi) is 6.99. The van der Waals surface area contributed by atoms with Gasteiger partial charge in [0.05, 0.1) is 18.2 Å². The van der Waals surface area contributed by atoms with Crippen molar-refractivity contribution in [2.75, 3.05) is 40.4 Å². The number of nitrogens with one attached hydrogen (secondary N) is 1. The van der Waals surface area contributed by atoms with Crippen LogP contribution in [0.15, 0.2) is 16.6 Å². The van der Waals surface area contributed by atoms with Gasteiger partial charge in [-0.25, -0.2) is 0 Å². The molecule has 1 aliphatic heterocycles. The number of halogens is 1. The van der Waals surface area contributed by atoms with E-state index in [9.17, 15) is 0 Å². The SMILES string of the molecule is CCOc1c(Br)cc(CNCC2CCN(C)CC2)cc1OC. The number of methoxy groups -OCH3 is 1. The van der Waals surface area contributed by atoms with Gasteiger partial charge in [-0.2, -0.15) is 0 Å². The molecule has 124 valence electrons. The van der Waals surface area contributed by atoms with Crippen LogP contribution in [0.1, 0.15) is 25.3 Å². The first-order valence-corrected chi connectivity index (χ1v) is 8.81. The summed E-state index contributed by atoms with van der Waals surface area (Å²) in [6.45, 7) is 6.98. The lowest BCUT2D eigenvalue weighted by atomic mass is 9.97. The van der Waals surface area contributed by atoms with E-state index >= 15 is 0 Å². The molecule has 1 saturated heterocycles. The van der Waals surface area contributed by atoms with E-state index in [1.807, 2.05) is 6.92 Å². The Bertz CT molecular complexity index is 474. The van der Waals surface area contributed by atoms with Crippen LogP contribution in [0.2, 0.25) is 0 Å². The third-order valence-electron chi connectivity index (χ3n) is 4.18. The number of likely N-dealkylation sites (tertiary alicyclic amines) is 1. The highest BCUT2D eigenvalue weighted by atomic mass is 79.9. The quantitative estimate of drug-likeness (QED) is 0.798. The number of nitrogens with zero attached hydrogens (tertiary/aromatic N) is 1. The number of rotatable bonds is 7. The normalized spacial score (nSPS) is 16.7. The molecule has 1 heterocycles. The lowest BCUT2D eigenvalue weighted by Gasteiger charge is -2.29. The third kappa shape index (κ3) is 4.86. The van der Waals surface area contributed by atoms with E-state index in [0.29, 0.717) is 6.61 Å². The Morgan fingerprint density at radius 3 is 2.68 bits per heavy atom. The van der Waals surface area contributed by atoms with E-state index in [1.165, 1.54) is 31.5 Å². The van der Waals surface area contributed by atoms with E-state index in [4.69, 9.17) is 9.47 Å². The van der Waals surface area contributed by atoms with E-state index in [2.05, 4.69) is 45.3 Å². The zero-order valence-electron chi connectivity index (χ0n) is 13.8. The largest absolute Gasteiger partial charge is 0.493 e. The minimum Gasteiger partial charge on any atom is -0.493 e. The Balaban J connectivity index is 1.88. The van der Waals surface area contributed by atoms with Crippen molar-refractivity contribution >= 4 is 15.9 Å². The van der Waals surface area contributed by atoms with Gasteiger partial charge in [0.2, 0.25) is 0 Å². The second-order valence-corrected chi connectivity index (χ2v) is 6.77. The summed E-state index contributed by atoms with van der Waals surface area (Å²) in [5.74, 6) is 2.36. The van der Waals surface area contributed by atoms with Gasteiger partial charge in [-0.1, -0.05) is 0 Å². The van der Waals surface area contributed by atoms with Crippen LogP contribution in [0.25, 0.3) is 0 Å². The van der Waals surface area contributed by atoms with Crippen LogP contribution < -0.4 is 14.8 Å². The van der Waals surface area contributed by atoms with Crippen molar-refractivity contribution in [3.05, 3.63) is 22.2 Å². The van der Waals surface area contributed by atoms with Gasteiger partial charge in [0.25, 0.3) is 0 Å². The monoisotopic (exact) mass is 370 g/mol.